The number of benzene rings is 2. The van der Waals surface area contributed by atoms with Gasteiger partial charge in [-0.2, -0.15) is 9.78 Å². The maximum atomic E-state index is 13.6. The number of hydrogen-bond donors (Lipinski definition) is 1. The maximum Gasteiger partial charge on any atom is 0.316 e. The SMILES string of the molecule is COc1ccc(CNSN2CCN(c3cnn(-c4cccc(Cl)c4)c(=O)c3OCC3(C)CC3)CC2)cc1OC. The highest BCUT2D eigenvalue weighted by atomic mass is 35.5. The van der Waals surface area contributed by atoms with Gasteiger partial charge in [-0.25, -0.2) is 9.03 Å². The average molecular weight is 572 g/mol. The van der Waals surface area contributed by atoms with Crippen molar-refractivity contribution < 1.29 is 14.2 Å². The second-order valence-corrected chi connectivity index (χ2v) is 11.6. The number of nitrogens with zero attached hydrogens (tertiary/aromatic N) is 4. The van der Waals surface area contributed by atoms with Crippen LogP contribution in [-0.2, 0) is 6.54 Å². The number of hydrogen-bond acceptors (Lipinski definition) is 9. The quantitative estimate of drug-likeness (QED) is 0.333. The summed E-state index contributed by atoms with van der Waals surface area (Å²) >= 11 is 7.78. The number of aromatic nitrogens is 2. The van der Waals surface area contributed by atoms with Crippen molar-refractivity contribution in [3.63, 3.8) is 0 Å². The van der Waals surface area contributed by atoms with E-state index in [1.54, 1.807) is 44.7 Å². The van der Waals surface area contributed by atoms with Crippen LogP contribution in [0, 0.1) is 5.41 Å². The fourth-order valence-corrected chi connectivity index (χ4v) is 5.35. The number of methoxy groups -OCH3 is 2. The summed E-state index contributed by atoms with van der Waals surface area (Å²) in [6, 6.07) is 13.0. The highest BCUT2D eigenvalue weighted by Crippen LogP contribution is 2.45. The molecule has 2 fully saturated rings. The number of rotatable bonds is 11. The molecule has 5 rings (SSSR count). The molecule has 1 saturated heterocycles. The summed E-state index contributed by atoms with van der Waals surface area (Å²) in [6.45, 7) is 6.53. The lowest BCUT2D eigenvalue weighted by atomic mass is 10.2. The van der Waals surface area contributed by atoms with Gasteiger partial charge < -0.3 is 19.1 Å². The summed E-state index contributed by atoms with van der Waals surface area (Å²) in [5.41, 5.74) is 2.33. The first-order valence-corrected chi connectivity index (χ1v) is 14.2. The normalized spacial score (nSPS) is 16.7. The van der Waals surface area contributed by atoms with E-state index in [4.69, 9.17) is 25.8 Å². The maximum absolute atomic E-state index is 13.6. The van der Waals surface area contributed by atoms with Gasteiger partial charge >= 0.3 is 5.56 Å². The van der Waals surface area contributed by atoms with Crippen molar-refractivity contribution in [3.05, 3.63) is 69.6 Å². The Morgan fingerprint density at radius 1 is 1.05 bits per heavy atom. The van der Waals surface area contributed by atoms with Crippen molar-refractivity contribution in [1.82, 2.24) is 18.8 Å². The zero-order valence-electron chi connectivity index (χ0n) is 22.5. The standard InChI is InChI=1S/C28H34ClN5O4S/c1-28(9-10-28)19-38-26-23(18-30-34(27(26)35)22-6-4-5-21(29)16-22)32-11-13-33(14-12-32)39-31-17-20-7-8-24(36-2)25(15-20)37-3/h4-8,15-16,18,31H,9-14,17,19H2,1-3H3. The summed E-state index contributed by atoms with van der Waals surface area (Å²) in [7, 11) is 3.27. The van der Waals surface area contributed by atoms with Crippen molar-refractivity contribution in [2.24, 2.45) is 5.41 Å². The van der Waals surface area contributed by atoms with E-state index in [2.05, 4.69) is 25.9 Å². The van der Waals surface area contributed by atoms with E-state index in [0.29, 0.717) is 35.4 Å². The largest absolute Gasteiger partial charge is 0.493 e. The van der Waals surface area contributed by atoms with Crippen LogP contribution in [0.5, 0.6) is 17.2 Å². The number of ether oxygens (including phenoxy) is 3. The van der Waals surface area contributed by atoms with Crippen molar-refractivity contribution in [3.8, 4) is 22.9 Å². The van der Waals surface area contributed by atoms with Crippen LogP contribution >= 0.6 is 23.7 Å². The smallest absolute Gasteiger partial charge is 0.316 e. The third kappa shape index (κ3) is 6.63. The van der Waals surface area contributed by atoms with E-state index in [1.165, 1.54) is 4.68 Å². The Kier molecular flexibility index (Phi) is 8.56. The molecule has 0 unspecified atom stereocenters. The fourth-order valence-electron chi connectivity index (χ4n) is 4.40. The molecule has 11 heteroatoms. The van der Waals surface area contributed by atoms with Crippen molar-refractivity contribution in [2.45, 2.75) is 26.3 Å². The summed E-state index contributed by atoms with van der Waals surface area (Å²) in [5.74, 6) is 1.79. The van der Waals surface area contributed by atoms with Crippen LogP contribution in [0.1, 0.15) is 25.3 Å². The first-order chi connectivity index (χ1) is 18.9. The Morgan fingerprint density at radius 2 is 1.82 bits per heavy atom. The third-order valence-corrected chi connectivity index (χ3v) is 8.27. The number of anilines is 1. The molecule has 0 spiro atoms. The Balaban J connectivity index is 1.24. The molecule has 2 heterocycles. The molecule has 0 bridgehead atoms. The number of halogens is 1. The molecule has 2 aliphatic rings. The Hall–Kier alpha value is -2.92. The van der Waals surface area contributed by atoms with Gasteiger partial charge in [0.15, 0.2) is 11.5 Å². The van der Waals surface area contributed by atoms with Crippen LogP contribution in [0.15, 0.2) is 53.5 Å². The molecule has 39 heavy (non-hydrogen) atoms. The molecule has 1 saturated carbocycles. The number of nitrogens with one attached hydrogen (secondary N) is 1. The molecule has 1 N–H and O–H groups in total. The second kappa shape index (κ2) is 12.1. The molecule has 2 aromatic carbocycles. The van der Waals surface area contributed by atoms with E-state index in [-0.39, 0.29) is 11.0 Å². The molecule has 0 radical (unpaired) electrons. The predicted octanol–water partition coefficient (Wildman–Crippen LogP) is 4.56. The molecule has 9 nitrogen and oxygen atoms in total. The lowest BCUT2D eigenvalue weighted by molar-refractivity contribution is 0.242. The molecule has 1 aliphatic carbocycles. The first kappa shape index (κ1) is 27.6. The molecule has 3 aromatic rings. The first-order valence-electron chi connectivity index (χ1n) is 13.0. The Labute approximate surface area is 238 Å². The van der Waals surface area contributed by atoms with Crippen LogP contribution in [0.3, 0.4) is 0 Å². The van der Waals surface area contributed by atoms with Crippen molar-refractivity contribution >= 4 is 29.4 Å². The van der Waals surface area contributed by atoms with Gasteiger partial charge in [0.25, 0.3) is 0 Å². The molecule has 1 aromatic heterocycles. The fraction of sp³-hybridized carbons (Fsp3) is 0.429. The van der Waals surface area contributed by atoms with Crippen LogP contribution in [0.25, 0.3) is 5.69 Å². The van der Waals surface area contributed by atoms with Crippen LogP contribution < -0.4 is 29.4 Å². The molecule has 1 aliphatic heterocycles. The zero-order chi connectivity index (χ0) is 27.4. The summed E-state index contributed by atoms with van der Waals surface area (Å²) in [5, 5.41) is 5.04. The van der Waals surface area contributed by atoms with Gasteiger partial charge in [0.05, 0.1) is 32.7 Å². The predicted molar refractivity (Wildman–Crippen MR) is 155 cm³/mol. The molecular formula is C28H34ClN5O4S. The van der Waals surface area contributed by atoms with E-state index in [0.717, 1.165) is 56.0 Å². The summed E-state index contributed by atoms with van der Waals surface area (Å²) in [4.78, 5) is 15.8. The molecule has 0 amide bonds. The molecule has 208 valence electrons. The minimum atomic E-state index is -0.271. The van der Waals surface area contributed by atoms with Gasteiger partial charge in [-0.15, -0.1) is 0 Å². The Bertz CT molecular complexity index is 1360. The van der Waals surface area contributed by atoms with Crippen molar-refractivity contribution in [1.29, 1.82) is 0 Å². The lowest BCUT2D eigenvalue weighted by Gasteiger charge is -2.35. The average Bonchev–Trinajstić information content (AvgIpc) is 3.69. The monoisotopic (exact) mass is 571 g/mol. The molecule has 0 atom stereocenters. The zero-order valence-corrected chi connectivity index (χ0v) is 24.1. The topological polar surface area (TPSA) is 81.1 Å². The van der Waals surface area contributed by atoms with E-state index >= 15 is 0 Å². The molecular weight excluding hydrogens is 538 g/mol. The van der Waals surface area contributed by atoms with Crippen LogP contribution in [0.4, 0.5) is 5.69 Å². The lowest BCUT2D eigenvalue weighted by Crippen LogP contribution is -2.45. The summed E-state index contributed by atoms with van der Waals surface area (Å²) < 4.78 is 24.0. The second-order valence-electron chi connectivity index (χ2n) is 10.2. The van der Waals surface area contributed by atoms with Gasteiger partial charge in [0.1, 0.15) is 5.69 Å². The van der Waals surface area contributed by atoms with Gasteiger partial charge in [0.2, 0.25) is 5.75 Å². The summed E-state index contributed by atoms with van der Waals surface area (Å²) in [6.07, 6.45) is 3.97. The van der Waals surface area contributed by atoms with E-state index < -0.39 is 0 Å². The van der Waals surface area contributed by atoms with E-state index in [1.807, 2.05) is 30.3 Å². The van der Waals surface area contributed by atoms with Gasteiger partial charge in [-0.05, 0) is 48.7 Å². The minimum Gasteiger partial charge on any atom is -0.493 e. The van der Waals surface area contributed by atoms with Crippen LogP contribution in [0.2, 0.25) is 5.02 Å². The number of piperazine rings is 1. The van der Waals surface area contributed by atoms with Crippen LogP contribution in [-0.4, -0.2) is 61.1 Å². The third-order valence-electron chi connectivity index (χ3n) is 7.13. The minimum absolute atomic E-state index is 0.142. The van der Waals surface area contributed by atoms with Gasteiger partial charge in [0, 0.05) is 55.3 Å². The van der Waals surface area contributed by atoms with Gasteiger partial charge in [-0.3, -0.25) is 4.79 Å². The van der Waals surface area contributed by atoms with E-state index in [9.17, 15) is 4.79 Å². The Morgan fingerprint density at radius 3 is 2.51 bits per heavy atom. The van der Waals surface area contributed by atoms with Crippen molar-refractivity contribution in [2.75, 3.05) is 51.9 Å². The highest BCUT2D eigenvalue weighted by Gasteiger charge is 2.39. The van der Waals surface area contributed by atoms with Gasteiger partial charge in [-0.1, -0.05) is 30.7 Å². The highest BCUT2D eigenvalue weighted by molar-refractivity contribution is 7.95.